The molecule has 0 amide bonds. The Hall–Kier alpha value is 2.45. The van der Waals surface area contributed by atoms with E-state index in [0.29, 0.717) is 21.7 Å². The Morgan fingerprint density at radius 1 is 0.632 bits per heavy atom. The fraction of sp³-hybridized carbons (Fsp3) is 1.00. The lowest BCUT2D eigenvalue weighted by atomic mass is 9.95. The number of hydrogen-bond acceptors (Lipinski definition) is 7. The summed E-state index contributed by atoms with van der Waals surface area (Å²) < 4.78 is 0.0420. The molecule has 0 aromatic heterocycles. The van der Waals surface area contributed by atoms with Gasteiger partial charge in [0.05, 0.1) is 0 Å². The van der Waals surface area contributed by atoms with Gasteiger partial charge in [-0.05, 0) is 49.5 Å². The lowest BCUT2D eigenvalue weighted by Gasteiger charge is -2.28. The second-order valence-corrected chi connectivity index (χ2v) is 9.33. The third-order valence-corrected chi connectivity index (χ3v) is 6.05. The normalized spacial score (nSPS) is 18.3. The fourth-order valence-corrected chi connectivity index (χ4v) is 4.98. The van der Waals surface area contributed by atoms with Crippen LogP contribution in [0.1, 0.15) is 32.1 Å². The van der Waals surface area contributed by atoms with E-state index in [1.165, 1.54) is 0 Å². The lowest BCUT2D eigenvalue weighted by molar-refractivity contribution is 0.465. The molecule has 0 aliphatic carbocycles. The molecule has 0 nitrogen and oxygen atoms in total. The van der Waals surface area contributed by atoms with E-state index >= 15 is 0 Å². The van der Waals surface area contributed by atoms with E-state index in [1.807, 2.05) is 0 Å². The molecule has 0 spiro atoms. The van der Waals surface area contributed by atoms with Crippen LogP contribution in [0.15, 0.2) is 0 Å². The standard InChI is InChI=1S/C12H26S7/c13-5-3-8(15)1-2-11(17)10(12(18)19)7-9(16)4-6-14/h8-19H,1-7H2. The van der Waals surface area contributed by atoms with E-state index in [4.69, 9.17) is 12.6 Å². The van der Waals surface area contributed by atoms with Crippen molar-refractivity contribution in [2.75, 3.05) is 11.5 Å². The molecule has 0 radical (unpaired) electrons. The molecule has 0 saturated heterocycles. The SMILES string of the molecule is SCCC(S)CCC(S)C(CC(S)CCS)C(S)S. The minimum Gasteiger partial charge on any atom is -0.179 e. The summed E-state index contributed by atoms with van der Waals surface area (Å²) in [5.41, 5.74) is 0. The largest absolute Gasteiger partial charge is 0.179 e. The van der Waals surface area contributed by atoms with Gasteiger partial charge < -0.3 is 0 Å². The van der Waals surface area contributed by atoms with E-state index in [9.17, 15) is 0 Å². The van der Waals surface area contributed by atoms with Gasteiger partial charge >= 0.3 is 0 Å². The third-order valence-electron chi connectivity index (χ3n) is 3.14. The van der Waals surface area contributed by atoms with Crippen molar-refractivity contribution in [1.29, 1.82) is 0 Å². The van der Waals surface area contributed by atoms with Crippen molar-refractivity contribution in [2.45, 2.75) is 52.4 Å². The van der Waals surface area contributed by atoms with E-state index in [1.54, 1.807) is 0 Å². The lowest BCUT2D eigenvalue weighted by Crippen LogP contribution is -2.26. The zero-order valence-corrected chi connectivity index (χ0v) is 17.2. The maximum atomic E-state index is 4.75. The molecule has 0 saturated carbocycles. The highest BCUT2D eigenvalue weighted by atomic mass is 32.2. The van der Waals surface area contributed by atoms with Gasteiger partial charge in [-0.2, -0.15) is 88.4 Å². The highest BCUT2D eigenvalue weighted by molar-refractivity contribution is 7.99. The molecule has 0 aromatic carbocycles. The quantitative estimate of drug-likeness (QED) is 0.195. The predicted molar refractivity (Wildman–Crippen MR) is 114 cm³/mol. The summed E-state index contributed by atoms with van der Waals surface area (Å²) in [5, 5.41) is 1.06. The van der Waals surface area contributed by atoms with Gasteiger partial charge in [-0.1, -0.05) is 0 Å². The molecular weight excluding hydrogens is 369 g/mol. The second-order valence-electron chi connectivity index (χ2n) is 4.79. The molecule has 7 heteroatoms. The van der Waals surface area contributed by atoms with Gasteiger partial charge in [0.15, 0.2) is 0 Å². The Morgan fingerprint density at radius 3 is 1.63 bits per heavy atom. The van der Waals surface area contributed by atoms with Crippen molar-refractivity contribution in [3.8, 4) is 0 Å². The van der Waals surface area contributed by atoms with Gasteiger partial charge in [0.25, 0.3) is 0 Å². The highest BCUT2D eigenvalue weighted by Gasteiger charge is 2.25. The molecule has 0 bridgehead atoms. The van der Waals surface area contributed by atoms with Crippen LogP contribution < -0.4 is 0 Å². The van der Waals surface area contributed by atoms with Crippen molar-refractivity contribution in [1.82, 2.24) is 0 Å². The zero-order valence-electron chi connectivity index (χ0n) is 11.0. The summed E-state index contributed by atoms with van der Waals surface area (Å²) >= 11 is 31.4. The molecule has 4 unspecified atom stereocenters. The maximum Gasteiger partial charge on any atom is 0.0481 e. The molecule has 0 aromatic rings. The van der Waals surface area contributed by atoms with Crippen LogP contribution in [0.4, 0.5) is 0 Å². The van der Waals surface area contributed by atoms with Crippen LogP contribution in [0.5, 0.6) is 0 Å². The number of rotatable bonds is 11. The molecule has 19 heavy (non-hydrogen) atoms. The molecule has 0 rings (SSSR count). The minimum atomic E-state index is 0.0420. The average Bonchev–Trinajstić information content (AvgIpc) is 2.33. The summed E-state index contributed by atoms with van der Waals surface area (Å²) in [6.07, 6.45) is 5.13. The second kappa shape index (κ2) is 12.9. The molecule has 4 atom stereocenters. The van der Waals surface area contributed by atoms with Crippen molar-refractivity contribution < 1.29 is 0 Å². The topological polar surface area (TPSA) is 0 Å². The van der Waals surface area contributed by atoms with E-state index in [-0.39, 0.29) is 4.58 Å². The summed E-state index contributed by atoms with van der Waals surface area (Å²) in [5.74, 6) is 2.11. The van der Waals surface area contributed by atoms with Crippen LogP contribution >= 0.6 is 88.4 Å². The molecule has 0 fully saturated rings. The fourth-order valence-electron chi connectivity index (χ4n) is 1.93. The Morgan fingerprint density at radius 2 is 1.16 bits per heavy atom. The van der Waals surface area contributed by atoms with Crippen molar-refractivity contribution in [3.63, 3.8) is 0 Å². The van der Waals surface area contributed by atoms with Gasteiger partial charge in [0.1, 0.15) is 0 Å². The monoisotopic (exact) mass is 394 g/mol. The third kappa shape index (κ3) is 10.7. The summed E-state index contributed by atoms with van der Waals surface area (Å²) in [6.45, 7) is 0. The first-order valence-corrected chi connectivity index (χ1v) is 10.4. The van der Waals surface area contributed by atoms with E-state index < -0.39 is 0 Å². The minimum absolute atomic E-state index is 0.0420. The predicted octanol–water partition coefficient (Wildman–Crippen LogP) is 4.49. The Labute approximate surface area is 157 Å². The van der Waals surface area contributed by atoms with Gasteiger partial charge in [-0.3, -0.25) is 0 Å². The Kier molecular flexibility index (Phi) is 14.6. The molecule has 0 aliphatic rings. The van der Waals surface area contributed by atoms with Crippen LogP contribution in [0.3, 0.4) is 0 Å². The molecular formula is C12H26S7. The molecule has 0 N–H and O–H groups in total. The van der Waals surface area contributed by atoms with Crippen LogP contribution in [-0.2, 0) is 0 Å². The number of hydrogen-bond donors (Lipinski definition) is 7. The zero-order chi connectivity index (χ0) is 14.8. The Bertz CT molecular complexity index is 212. The van der Waals surface area contributed by atoms with Crippen molar-refractivity contribution in [2.24, 2.45) is 5.92 Å². The first-order chi connectivity index (χ1) is 8.92. The molecule has 0 heterocycles. The van der Waals surface area contributed by atoms with Gasteiger partial charge in [-0.15, -0.1) is 0 Å². The van der Waals surface area contributed by atoms with Crippen LogP contribution in [-0.4, -0.2) is 31.8 Å². The maximum absolute atomic E-state index is 4.75. The van der Waals surface area contributed by atoms with Crippen molar-refractivity contribution >= 4 is 88.4 Å². The number of thiol groups is 7. The van der Waals surface area contributed by atoms with Crippen LogP contribution in [0.2, 0.25) is 0 Å². The summed E-state index contributed by atoms with van der Waals surface area (Å²) in [4.78, 5) is 0. The van der Waals surface area contributed by atoms with Gasteiger partial charge in [0, 0.05) is 20.3 Å². The van der Waals surface area contributed by atoms with E-state index in [0.717, 1.165) is 43.6 Å². The average molecular weight is 395 g/mol. The molecule has 116 valence electrons. The van der Waals surface area contributed by atoms with Crippen LogP contribution in [0.25, 0.3) is 0 Å². The Balaban J connectivity index is 4.21. The smallest absolute Gasteiger partial charge is 0.0481 e. The van der Waals surface area contributed by atoms with Crippen molar-refractivity contribution in [3.05, 3.63) is 0 Å². The van der Waals surface area contributed by atoms with Gasteiger partial charge in [-0.25, -0.2) is 0 Å². The highest BCUT2D eigenvalue weighted by Crippen LogP contribution is 2.32. The summed E-state index contributed by atoms with van der Waals surface area (Å²) in [7, 11) is 0. The molecule has 0 aliphatic heterocycles. The van der Waals surface area contributed by atoms with E-state index in [2.05, 4.69) is 75.8 Å². The van der Waals surface area contributed by atoms with Gasteiger partial charge in [0.2, 0.25) is 0 Å². The first kappa shape index (κ1) is 21.4. The van der Waals surface area contributed by atoms with Crippen LogP contribution in [0, 0.1) is 5.92 Å². The first-order valence-electron chi connectivity index (χ1n) is 6.54. The summed E-state index contributed by atoms with van der Waals surface area (Å²) in [6, 6.07) is 0.